The highest BCUT2D eigenvalue weighted by molar-refractivity contribution is 14.1. The molecule has 2 aromatic carbocycles. The van der Waals surface area contributed by atoms with E-state index in [0.717, 1.165) is 19.8 Å². The number of nitrogens with one attached hydrogen (secondary N) is 1. The van der Waals surface area contributed by atoms with Gasteiger partial charge in [0.2, 0.25) is 0 Å². The van der Waals surface area contributed by atoms with E-state index in [4.69, 9.17) is 11.6 Å². The van der Waals surface area contributed by atoms with Gasteiger partial charge in [-0.3, -0.25) is 0 Å². The van der Waals surface area contributed by atoms with Gasteiger partial charge in [0.05, 0.1) is 0 Å². The predicted molar refractivity (Wildman–Crippen MR) is 79.6 cm³/mol. The summed E-state index contributed by atoms with van der Waals surface area (Å²) < 4.78 is 1.08. The molecule has 2 nitrogen and oxygen atoms in total. The van der Waals surface area contributed by atoms with Crippen LogP contribution in [0.5, 0.6) is 5.75 Å². The predicted octanol–water partition coefficient (Wildman–Crippen LogP) is 4.26. The van der Waals surface area contributed by atoms with Gasteiger partial charge in [-0.25, -0.2) is 0 Å². The third-order valence-electron chi connectivity index (χ3n) is 2.32. The van der Waals surface area contributed by atoms with Crippen LogP contribution in [-0.2, 0) is 6.54 Å². The number of aromatic hydroxyl groups is 1. The van der Waals surface area contributed by atoms with Crippen molar-refractivity contribution in [2.75, 3.05) is 5.32 Å². The molecule has 0 saturated carbocycles. The Kier molecular flexibility index (Phi) is 4.12. The van der Waals surface area contributed by atoms with Crippen molar-refractivity contribution in [2.24, 2.45) is 0 Å². The number of anilines is 1. The Morgan fingerprint density at radius 2 is 2.00 bits per heavy atom. The molecule has 17 heavy (non-hydrogen) atoms. The molecule has 2 rings (SSSR count). The third-order valence-corrected chi connectivity index (χ3v) is 3.45. The average Bonchev–Trinajstić information content (AvgIpc) is 2.28. The minimum absolute atomic E-state index is 0.287. The summed E-state index contributed by atoms with van der Waals surface area (Å²) in [6, 6.07) is 12.9. The zero-order chi connectivity index (χ0) is 12.3. The van der Waals surface area contributed by atoms with Crippen molar-refractivity contribution in [3.05, 3.63) is 56.6 Å². The van der Waals surface area contributed by atoms with Crippen molar-refractivity contribution in [3.8, 4) is 5.75 Å². The standard InChI is InChI=1S/C13H11ClINO/c14-10-4-5-13(12(15)7-10)16-8-9-2-1-3-11(17)6-9/h1-7,16-17H,8H2. The second kappa shape index (κ2) is 5.60. The van der Waals surface area contributed by atoms with Gasteiger partial charge in [0.1, 0.15) is 5.75 Å². The number of rotatable bonds is 3. The lowest BCUT2D eigenvalue weighted by atomic mass is 10.2. The highest BCUT2D eigenvalue weighted by Gasteiger charge is 2.00. The maximum Gasteiger partial charge on any atom is 0.115 e. The smallest absolute Gasteiger partial charge is 0.115 e. The fraction of sp³-hybridized carbons (Fsp3) is 0.0769. The summed E-state index contributed by atoms with van der Waals surface area (Å²) in [4.78, 5) is 0. The molecule has 0 saturated heterocycles. The quantitative estimate of drug-likeness (QED) is 0.803. The zero-order valence-electron chi connectivity index (χ0n) is 8.95. The van der Waals surface area contributed by atoms with Crippen LogP contribution >= 0.6 is 34.2 Å². The van der Waals surface area contributed by atoms with Crippen LogP contribution in [0, 0.1) is 3.57 Å². The first-order chi connectivity index (χ1) is 8.15. The monoisotopic (exact) mass is 359 g/mol. The van der Waals surface area contributed by atoms with E-state index in [0.29, 0.717) is 6.54 Å². The van der Waals surface area contributed by atoms with E-state index >= 15 is 0 Å². The summed E-state index contributed by atoms with van der Waals surface area (Å²) in [6.07, 6.45) is 0. The van der Waals surface area contributed by atoms with E-state index in [2.05, 4.69) is 27.9 Å². The third kappa shape index (κ3) is 3.51. The van der Waals surface area contributed by atoms with E-state index in [-0.39, 0.29) is 5.75 Å². The van der Waals surface area contributed by atoms with Crippen molar-refractivity contribution in [2.45, 2.75) is 6.54 Å². The molecule has 0 radical (unpaired) electrons. The lowest BCUT2D eigenvalue weighted by Crippen LogP contribution is -2.00. The molecule has 0 aliphatic rings. The van der Waals surface area contributed by atoms with Crippen molar-refractivity contribution >= 4 is 39.9 Å². The number of hydrogen-bond donors (Lipinski definition) is 2. The highest BCUT2D eigenvalue weighted by Crippen LogP contribution is 2.23. The molecule has 0 aromatic heterocycles. The fourth-order valence-corrected chi connectivity index (χ4v) is 2.56. The molecule has 0 heterocycles. The van der Waals surface area contributed by atoms with Crippen molar-refractivity contribution in [1.82, 2.24) is 0 Å². The van der Waals surface area contributed by atoms with E-state index < -0.39 is 0 Å². The number of benzene rings is 2. The maximum absolute atomic E-state index is 9.35. The summed E-state index contributed by atoms with van der Waals surface area (Å²) in [5.74, 6) is 0.287. The first kappa shape index (κ1) is 12.5. The van der Waals surface area contributed by atoms with Gasteiger partial charge in [-0.2, -0.15) is 0 Å². The Morgan fingerprint density at radius 3 is 2.71 bits per heavy atom. The molecule has 0 bridgehead atoms. The number of phenolic OH excluding ortho intramolecular Hbond substituents is 1. The van der Waals surface area contributed by atoms with Crippen LogP contribution in [0.2, 0.25) is 5.02 Å². The van der Waals surface area contributed by atoms with Crippen LogP contribution in [0.25, 0.3) is 0 Å². The lowest BCUT2D eigenvalue weighted by Gasteiger charge is -2.09. The minimum Gasteiger partial charge on any atom is -0.508 e. The average molecular weight is 360 g/mol. The highest BCUT2D eigenvalue weighted by atomic mass is 127. The molecule has 2 N–H and O–H groups in total. The van der Waals surface area contributed by atoms with Crippen LogP contribution in [0.1, 0.15) is 5.56 Å². The zero-order valence-corrected chi connectivity index (χ0v) is 11.9. The summed E-state index contributed by atoms with van der Waals surface area (Å²) in [7, 11) is 0. The van der Waals surface area contributed by atoms with Crippen LogP contribution < -0.4 is 5.32 Å². The fourth-order valence-electron chi connectivity index (χ4n) is 1.50. The van der Waals surface area contributed by atoms with E-state index in [1.165, 1.54) is 0 Å². The first-order valence-electron chi connectivity index (χ1n) is 5.12. The van der Waals surface area contributed by atoms with Crippen LogP contribution in [0.15, 0.2) is 42.5 Å². The first-order valence-corrected chi connectivity index (χ1v) is 6.57. The molecule has 0 atom stereocenters. The Balaban J connectivity index is 2.07. The SMILES string of the molecule is Oc1cccc(CNc2ccc(Cl)cc2I)c1. The molecule has 0 amide bonds. The van der Waals surface area contributed by atoms with E-state index in [1.54, 1.807) is 12.1 Å². The molecule has 88 valence electrons. The van der Waals surface area contributed by atoms with Gasteiger partial charge in [-0.05, 0) is 58.5 Å². The number of halogens is 2. The molecule has 0 aliphatic heterocycles. The van der Waals surface area contributed by atoms with Crippen molar-refractivity contribution in [3.63, 3.8) is 0 Å². The Morgan fingerprint density at radius 1 is 1.18 bits per heavy atom. The second-order valence-electron chi connectivity index (χ2n) is 3.65. The summed E-state index contributed by atoms with van der Waals surface area (Å²) in [5, 5.41) is 13.4. The second-order valence-corrected chi connectivity index (χ2v) is 5.25. The Hall–Kier alpha value is -0.940. The van der Waals surface area contributed by atoms with Gasteiger partial charge in [0, 0.05) is 20.8 Å². The minimum atomic E-state index is 0.287. The molecule has 0 fully saturated rings. The summed E-state index contributed by atoms with van der Waals surface area (Å²) in [6.45, 7) is 0.673. The summed E-state index contributed by atoms with van der Waals surface area (Å²) >= 11 is 8.13. The Bertz CT molecular complexity index is 531. The van der Waals surface area contributed by atoms with Crippen LogP contribution in [0.4, 0.5) is 5.69 Å². The largest absolute Gasteiger partial charge is 0.508 e. The molecule has 0 unspecified atom stereocenters. The molecule has 0 aliphatic carbocycles. The van der Waals surface area contributed by atoms with Gasteiger partial charge >= 0.3 is 0 Å². The topological polar surface area (TPSA) is 32.3 Å². The van der Waals surface area contributed by atoms with Gasteiger partial charge in [0.15, 0.2) is 0 Å². The molecular weight excluding hydrogens is 349 g/mol. The molecule has 2 aromatic rings. The number of phenols is 1. The lowest BCUT2D eigenvalue weighted by molar-refractivity contribution is 0.474. The summed E-state index contributed by atoms with van der Waals surface area (Å²) in [5.41, 5.74) is 2.08. The van der Waals surface area contributed by atoms with Gasteiger partial charge in [0.25, 0.3) is 0 Å². The number of hydrogen-bond acceptors (Lipinski definition) is 2. The molecule has 4 heteroatoms. The van der Waals surface area contributed by atoms with E-state index in [9.17, 15) is 5.11 Å². The normalized spacial score (nSPS) is 10.2. The van der Waals surface area contributed by atoms with Gasteiger partial charge in [-0.1, -0.05) is 23.7 Å². The molecular formula is C13H11ClINO. The van der Waals surface area contributed by atoms with E-state index in [1.807, 2.05) is 30.3 Å². The maximum atomic E-state index is 9.35. The van der Waals surface area contributed by atoms with Crippen molar-refractivity contribution in [1.29, 1.82) is 0 Å². The van der Waals surface area contributed by atoms with Gasteiger partial charge in [-0.15, -0.1) is 0 Å². The van der Waals surface area contributed by atoms with Crippen molar-refractivity contribution < 1.29 is 5.11 Å². The van der Waals surface area contributed by atoms with Crippen LogP contribution in [0.3, 0.4) is 0 Å². The molecule has 0 spiro atoms. The van der Waals surface area contributed by atoms with Crippen LogP contribution in [-0.4, -0.2) is 5.11 Å². The Labute approximate surface area is 119 Å². The van der Waals surface area contributed by atoms with Gasteiger partial charge < -0.3 is 10.4 Å².